The summed E-state index contributed by atoms with van der Waals surface area (Å²) in [6.07, 6.45) is 0. The van der Waals surface area contributed by atoms with Crippen molar-refractivity contribution in [1.29, 1.82) is 0 Å². The van der Waals surface area contributed by atoms with Crippen LogP contribution >= 0.6 is 0 Å². The monoisotopic (exact) mass is 378 g/mol. The minimum absolute atomic E-state index is 0.0601. The highest BCUT2D eigenvalue weighted by Gasteiger charge is 2.08. The van der Waals surface area contributed by atoms with Crippen LogP contribution < -0.4 is 15.8 Å². The van der Waals surface area contributed by atoms with E-state index in [2.05, 4.69) is 15.6 Å². The summed E-state index contributed by atoms with van der Waals surface area (Å²) in [4.78, 5) is 4.51. The van der Waals surface area contributed by atoms with Gasteiger partial charge in [0.05, 0.1) is 11.4 Å². The molecule has 0 fully saturated rings. The molecular formula is C18H23FN4O2S. The van der Waals surface area contributed by atoms with Crippen LogP contribution in [0.1, 0.15) is 23.6 Å². The fraction of sp³-hybridized carbons (Fsp3) is 0.278. The fourth-order valence-corrected chi connectivity index (χ4v) is 2.92. The molecule has 0 saturated carbocycles. The van der Waals surface area contributed by atoms with E-state index in [1.165, 1.54) is 18.2 Å². The molecule has 0 aromatic heterocycles. The maximum atomic E-state index is 13.3. The molecule has 0 unspecified atom stereocenters. The van der Waals surface area contributed by atoms with E-state index >= 15 is 0 Å². The smallest absolute Gasteiger partial charge is 0.238 e. The molecular weight excluding hydrogens is 355 g/mol. The minimum atomic E-state index is -3.74. The fourth-order valence-electron chi connectivity index (χ4n) is 2.34. The van der Waals surface area contributed by atoms with Gasteiger partial charge in [-0.25, -0.2) is 22.9 Å². The number of guanidine groups is 1. The number of hydrogen-bond donors (Lipinski definition) is 3. The van der Waals surface area contributed by atoms with E-state index in [1.54, 1.807) is 31.2 Å². The lowest BCUT2D eigenvalue weighted by Gasteiger charge is -2.12. The molecule has 0 aliphatic heterocycles. The third-order valence-corrected chi connectivity index (χ3v) is 4.58. The number of rotatable bonds is 6. The standard InChI is InChI=1S/C18H23FN4O2S/c1-3-21-18(23-12-15-7-8-17(19)13(2)9-15)22-11-14-5-4-6-16(10-14)26(20,24)25/h4-10H,3,11-12H2,1-2H3,(H2,20,24,25)(H2,21,22,23). The van der Waals surface area contributed by atoms with Crippen molar-refractivity contribution < 1.29 is 12.8 Å². The number of sulfonamides is 1. The van der Waals surface area contributed by atoms with E-state index in [1.807, 2.05) is 6.92 Å². The number of hydrogen-bond acceptors (Lipinski definition) is 3. The molecule has 0 atom stereocenters. The zero-order chi connectivity index (χ0) is 19.2. The molecule has 0 amide bonds. The summed E-state index contributed by atoms with van der Waals surface area (Å²) in [7, 11) is -3.74. The molecule has 0 aliphatic carbocycles. The summed E-state index contributed by atoms with van der Waals surface area (Å²) < 4.78 is 36.2. The first kappa shape index (κ1) is 19.9. The molecule has 8 heteroatoms. The Kier molecular flexibility index (Phi) is 6.70. The normalized spacial score (nSPS) is 12.1. The first-order valence-corrected chi connectivity index (χ1v) is 9.73. The van der Waals surface area contributed by atoms with Gasteiger partial charge in [-0.3, -0.25) is 0 Å². The number of nitrogens with two attached hydrogens (primary N) is 1. The van der Waals surface area contributed by atoms with Crippen LogP contribution in [-0.4, -0.2) is 20.9 Å². The van der Waals surface area contributed by atoms with Crippen molar-refractivity contribution in [3.8, 4) is 0 Å². The second-order valence-corrected chi connectivity index (χ2v) is 7.39. The van der Waals surface area contributed by atoms with E-state index in [-0.39, 0.29) is 10.7 Å². The Bertz CT molecular complexity index is 898. The third-order valence-electron chi connectivity index (χ3n) is 3.67. The van der Waals surface area contributed by atoms with Gasteiger partial charge in [-0.15, -0.1) is 0 Å². The maximum Gasteiger partial charge on any atom is 0.238 e. The molecule has 2 aromatic carbocycles. The summed E-state index contributed by atoms with van der Waals surface area (Å²) >= 11 is 0. The third kappa shape index (κ3) is 5.82. The summed E-state index contributed by atoms with van der Waals surface area (Å²) in [6.45, 7) is 5.12. The molecule has 2 rings (SSSR count). The number of primary sulfonamides is 1. The molecule has 4 N–H and O–H groups in total. The zero-order valence-electron chi connectivity index (χ0n) is 14.8. The second kappa shape index (κ2) is 8.77. The van der Waals surface area contributed by atoms with Gasteiger partial charge in [-0.1, -0.05) is 24.3 Å². The van der Waals surface area contributed by atoms with Crippen LogP contribution in [0.5, 0.6) is 0 Å². The Morgan fingerprint density at radius 2 is 1.92 bits per heavy atom. The lowest BCUT2D eigenvalue weighted by atomic mass is 10.1. The predicted octanol–water partition coefficient (Wildman–Crippen LogP) is 2.04. The molecule has 0 aliphatic rings. The van der Waals surface area contributed by atoms with Gasteiger partial charge in [-0.05, 0) is 48.7 Å². The van der Waals surface area contributed by atoms with Gasteiger partial charge < -0.3 is 10.6 Å². The highest BCUT2D eigenvalue weighted by atomic mass is 32.2. The highest BCUT2D eigenvalue weighted by Crippen LogP contribution is 2.11. The molecule has 0 radical (unpaired) electrons. The molecule has 0 saturated heterocycles. The van der Waals surface area contributed by atoms with Crippen molar-refractivity contribution in [3.63, 3.8) is 0 Å². The van der Waals surface area contributed by atoms with Gasteiger partial charge >= 0.3 is 0 Å². The first-order chi connectivity index (χ1) is 12.3. The summed E-state index contributed by atoms with van der Waals surface area (Å²) in [6, 6.07) is 11.3. The molecule has 2 aromatic rings. The molecule has 0 spiro atoms. The quantitative estimate of drug-likeness (QED) is 0.529. The molecule has 140 valence electrons. The Morgan fingerprint density at radius 1 is 1.15 bits per heavy atom. The predicted molar refractivity (Wildman–Crippen MR) is 101 cm³/mol. The van der Waals surface area contributed by atoms with Crippen LogP contribution in [0.25, 0.3) is 0 Å². The van der Waals surface area contributed by atoms with Crippen LogP contribution in [0.2, 0.25) is 0 Å². The largest absolute Gasteiger partial charge is 0.357 e. The van der Waals surface area contributed by atoms with E-state index in [0.29, 0.717) is 31.2 Å². The number of aryl methyl sites for hydroxylation is 1. The second-order valence-electron chi connectivity index (χ2n) is 5.82. The van der Waals surface area contributed by atoms with Crippen molar-refractivity contribution in [2.45, 2.75) is 31.8 Å². The van der Waals surface area contributed by atoms with Crippen molar-refractivity contribution in [2.24, 2.45) is 10.1 Å². The van der Waals surface area contributed by atoms with Gasteiger partial charge in [-0.2, -0.15) is 0 Å². The van der Waals surface area contributed by atoms with Gasteiger partial charge in [0.2, 0.25) is 10.0 Å². The zero-order valence-corrected chi connectivity index (χ0v) is 15.6. The Hall–Kier alpha value is -2.45. The number of benzene rings is 2. The average Bonchev–Trinajstić information content (AvgIpc) is 2.60. The highest BCUT2D eigenvalue weighted by molar-refractivity contribution is 7.89. The molecule has 26 heavy (non-hydrogen) atoms. The maximum absolute atomic E-state index is 13.3. The van der Waals surface area contributed by atoms with E-state index in [9.17, 15) is 12.8 Å². The van der Waals surface area contributed by atoms with Crippen LogP contribution in [0.4, 0.5) is 4.39 Å². The molecule has 6 nitrogen and oxygen atoms in total. The Labute approximate surface area is 153 Å². The Balaban J connectivity index is 2.07. The SMILES string of the molecule is CCNC(=NCc1cccc(S(N)(=O)=O)c1)NCc1ccc(F)c(C)c1. The summed E-state index contributed by atoms with van der Waals surface area (Å²) in [5.74, 6) is 0.347. The number of nitrogens with zero attached hydrogens (tertiary/aromatic N) is 1. The molecule has 0 bridgehead atoms. The van der Waals surface area contributed by atoms with Crippen molar-refractivity contribution in [3.05, 3.63) is 65.0 Å². The van der Waals surface area contributed by atoms with Crippen LogP contribution in [0, 0.1) is 12.7 Å². The van der Waals surface area contributed by atoms with E-state index < -0.39 is 10.0 Å². The average molecular weight is 378 g/mol. The van der Waals surface area contributed by atoms with Gasteiger partial charge in [0.1, 0.15) is 5.82 Å². The first-order valence-electron chi connectivity index (χ1n) is 8.18. The van der Waals surface area contributed by atoms with Crippen LogP contribution in [0.3, 0.4) is 0 Å². The van der Waals surface area contributed by atoms with Crippen molar-refractivity contribution in [1.82, 2.24) is 10.6 Å². The lowest BCUT2D eigenvalue weighted by Crippen LogP contribution is -2.36. The Morgan fingerprint density at radius 3 is 2.58 bits per heavy atom. The van der Waals surface area contributed by atoms with Gasteiger partial charge in [0.15, 0.2) is 5.96 Å². The number of aliphatic imine (C=N–C) groups is 1. The summed E-state index contributed by atoms with van der Waals surface area (Å²) in [5.41, 5.74) is 2.25. The van der Waals surface area contributed by atoms with E-state index in [0.717, 1.165) is 11.1 Å². The van der Waals surface area contributed by atoms with Crippen molar-refractivity contribution in [2.75, 3.05) is 6.54 Å². The lowest BCUT2D eigenvalue weighted by molar-refractivity contribution is 0.597. The number of nitrogens with one attached hydrogen (secondary N) is 2. The summed E-state index contributed by atoms with van der Waals surface area (Å²) in [5, 5.41) is 11.4. The topological polar surface area (TPSA) is 96.6 Å². The van der Waals surface area contributed by atoms with Gasteiger partial charge in [0.25, 0.3) is 0 Å². The minimum Gasteiger partial charge on any atom is -0.357 e. The molecule has 0 heterocycles. The number of halogens is 1. The van der Waals surface area contributed by atoms with Crippen LogP contribution in [-0.2, 0) is 23.1 Å². The van der Waals surface area contributed by atoms with Crippen LogP contribution in [0.15, 0.2) is 52.4 Å². The van der Waals surface area contributed by atoms with Gasteiger partial charge in [0, 0.05) is 13.1 Å². The van der Waals surface area contributed by atoms with Crippen molar-refractivity contribution >= 4 is 16.0 Å². The van der Waals surface area contributed by atoms with E-state index in [4.69, 9.17) is 5.14 Å².